The highest BCUT2D eigenvalue weighted by Gasteiger charge is 2.10. The van der Waals surface area contributed by atoms with Gasteiger partial charge in [0.2, 0.25) is 0 Å². The fourth-order valence-corrected chi connectivity index (χ4v) is 1.72. The SMILES string of the molecule is Clc1cc([C@@H]2CC=CC=NC2)ccn1. The molecule has 2 nitrogen and oxygen atoms in total. The summed E-state index contributed by atoms with van der Waals surface area (Å²) in [5.74, 6) is 0.436. The van der Waals surface area contributed by atoms with Gasteiger partial charge in [0.1, 0.15) is 5.15 Å². The second-order valence-electron chi connectivity index (χ2n) is 3.29. The zero-order valence-corrected chi connectivity index (χ0v) is 8.48. The normalized spacial score (nSPS) is 20.8. The molecular formula is C11H11ClN2. The number of hydrogen-bond acceptors (Lipinski definition) is 2. The molecule has 0 aliphatic carbocycles. The van der Waals surface area contributed by atoms with Crippen LogP contribution in [-0.4, -0.2) is 17.7 Å². The van der Waals surface area contributed by atoms with Gasteiger partial charge in [-0.2, -0.15) is 0 Å². The van der Waals surface area contributed by atoms with Gasteiger partial charge in [-0.3, -0.25) is 4.99 Å². The van der Waals surface area contributed by atoms with Crippen molar-refractivity contribution in [2.75, 3.05) is 6.54 Å². The molecule has 0 spiro atoms. The zero-order valence-electron chi connectivity index (χ0n) is 7.73. The molecule has 0 amide bonds. The molecule has 1 aliphatic heterocycles. The summed E-state index contributed by atoms with van der Waals surface area (Å²) in [6.07, 6.45) is 8.73. The Hall–Kier alpha value is -1.15. The molecule has 0 aromatic carbocycles. The van der Waals surface area contributed by atoms with Crippen molar-refractivity contribution in [2.24, 2.45) is 4.99 Å². The lowest BCUT2D eigenvalue weighted by Gasteiger charge is -2.11. The van der Waals surface area contributed by atoms with E-state index in [1.165, 1.54) is 5.56 Å². The van der Waals surface area contributed by atoms with Crippen molar-refractivity contribution in [3.05, 3.63) is 41.2 Å². The Kier molecular flexibility index (Phi) is 2.94. The maximum atomic E-state index is 5.84. The lowest BCUT2D eigenvalue weighted by atomic mass is 9.97. The predicted molar refractivity (Wildman–Crippen MR) is 59.1 cm³/mol. The molecule has 0 N–H and O–H groups in total. The molecule has 0 saturated carbocycles. The number of pyridine rings is 1. The Morgan fingerprint density at radius 1 is 1.43 bits per heavy atom. The molecule has 14 heavy (non-hydrogen) atoms. The van der Waals surface area contributed by atoms with Crippen LogP contribution in [0, 0.1) is 0 Å². The molecule has 72 valence electrons. The maximum Gasteiger partial charge on any atom is 0.129 e. The molecule has 3 heteroatoms. The molecule has 2 heterocycles. The van der Waals surface area contributed by atoms with Crippen LogP contribution in [-0.2, 0) is 0 Å². The second kappa shape index (κ2) is 4.38. The molecule has 0 unspecified atom stereocenters. The molecule has 1 atom stereocenters. The van der Waals surface area contributed by atoms with Crippen LogP contribution in [0.5, 0.6) is 0 Å². The van der Waals surface area contributed by atoms with Crippen LogP contribution >= 0.6 is 11.6 Å². The minimum Gasteiger partial charge on any atom is -0.293 e. The van der Waals surface area contributed by atoms with E-state index in [2.05, 4.69) is 16.1 Å². The summed E-state index contributed by atoms with van der Waals surface area (Å²) in [7, 11) is 0. The minimum absolute atomic E-state index is 0.436. The quantitative estimate of drug-likeness (QED) is 0.649. The van der Waals surface area contributed by atoms with Crippen LogP contribution in [0.25, 0.3) is 0 Å². The van der Waals surface area contributed by atoms with E-state index in [1.54, 1.807) is 6.20 Å². The number of hydrogen-bond donors (Lipinski definition) is 0. The summed E-state index contributed by atoms with van der Waals surface area (Å²) in [6, 6.07) is 3.92. The highest BCUT2D eigenvalue weighted by Crippen LogP contribution is 2.23. The maximum absolute atomic E-state index is 5.84. The van der Waals surface area contributed by atoms with Gasteiger partial charge >= 0.3 is 0 Å². The lowest BCUT2D eigenvalue weighted by Crippen LogP contribution is -2.01. The van der Waals surface area contributed by atoms with E-state index in [1.807, 2.05) is 24.4 Å². The van der Waals surface area contributed by atoms with Gasteiger partial charge in [0.15, 0.2) is 0 Å². The van der Waals surface area contributed by atoms with Gasteiger partial charge in [0, 0.05) is 24.9 Å². The van der Waals surface area contributed by atoms with Crippen molar-refractivity contribution in [3.8, 4) is 0 Å². The Bertz CT molecular complexity index is 357. The summed E-state index contributed by atoms with van der Waals surface area (Å²) in [5.41, 5.74) is 1.22. The fourth-order valence-electron chi connectivity index (χ4n) is 1.54. The molecule has 1 aromatic rings. The first-order valence-electron chi connectivity index (χ1n) is 4.62. The van der Waals surface area contributed by atoms with E-state index in [0.29, 0.717) is 11.1 Å². The summed E-state index contributed by atoms with van der Waals surface area (Å²) < 4.78 is 0. The third-order valence-electron chi connectivity index (χ3n) is 2.30. The summed E-state index contributed by atoms with van der Waals surface area (Å²) in [4.78, 5) is 8.25. The highest BCUT2D eigenvalue weighted by atomic mass is 35.5. The number of allylic oxidation sites excluding steroid dienone is 2. The average Bonchev–Trinajstić information content (AvgIpc) is 2.45. The van der Waals surface area contributed by atoms with E-state index in [4.69, 9.17) is 11.6 Å². The number of rotatable bonds is 1. The van der Waals surface area contributed by atoms with Gasteiger partial charge in [-0.1, -0.05) is 17.7 Å². The van der Waals surface area contributed by atoms with E-state index in [0.717, 1.165) is 13.0 Å². The van der Waals surface area contributed by atoms with Crippen molar-refractivity contribution < 1.29 is 0 Å². The Morgan fingerprint density at radius 2 is 2.36 bits per heavy atom. The predicted octanol–water partition coefficient (Wildman–Crippen LogP) is 2.85. The molecule has 0 fully saturated rings. The first-order chi connectivity index (χ1) is 6.86. The van der Waals surface area contributed by atoms with Crippen LogP contribution < -0.4 is 0 Å². The van der Waals surface area contributed by atoms with E-state index >= 15 is 0 Å². The van der Waals surface area contributed by atoms with E-state index in [9.17, 15) is 0 Å². The van der Waals surface area contributed by atoms with Gasteiger partial charge in [0.25, 0.3) is 0 Å². The molecule has 0 bridgehead atoms. The van der Waals surface area contributed by atoms with Crippen molar-refractivity contribution in [2.45, 2.75) is 12.3 Å². The number of halogens is 1. The Labute approximate surface area is 88.3 Å². The number of aromatic nitrogens is 1. The molecule has 1 aromatic heterocycles. The largest absolute Gasteiger partial charge is 0.293 e. The monoisotopic (exact) mass is 206 g/mol. The summed E-state index contributed by atoms with van der Waals surface area (Å²) in [6.45, 7) is 0.827. The van der Waals surface area contributed by atoms with Crippen molar-refractivity contribution >= 4 is 17.8 Å². The van der Waals surface area contributed by atoms with Crippen LogP contribution in [0.1, 0.15) is 17.9 Å². The molecular weight excluding hydrogens is 196 g/mol. The van der Waals surface area contributed by atoms with Gasteiger partial charge in [0.05, 0.1) is 0 Å². The third-order valence-corrected chi connectivity index (χ3v) is 2.50. The Balaban J connectivity index is 2.21. The summed E-state index contributed by atoms with van der Waals surface area (Å²) in [5, 5.41) is 0.555. The molecule has 1 aliphatic rings. The second-order valence-corrected chi connectivity index (χ2v) is 3.67. The van der Waals surface area contributed by atoms with Crippen molar-refractivity contribution in [1.29, 1.82) is 0 Å². The first-order valence-corrected chi connectivity index (χ1v) is 5.00. The minimum atomic E-state index is 0.436. The zero-order chi connectivity index (χ0) is 9.80. The Morgan fingerprint density at radius 3 is 3.21 bits per heavy atom. The lowest BCUT2D eigenvalue weighted by molar-refractivity contribution is 0.716. The van der Waals surface area contributed by atoms with Crippen LogP contribution in [0.3, 0.4) is 0 Å². The van der Waals surface area contributed by atoms with Crippen LogP contribution in [0.15, 0.2) is 35.5 Å². The number of aliphatic imine (C=N–C) groups is 1. The number of nitrogens with zero attached hydrogens (tertiary/aromatic N) is 2. The van der Waals surface area contributed by atoms with Crippen LogP contribution in [0.4, 0.5) is 0 Å². The van der Waals surface area contributed by atoms with E-state index < -0.39 is 0 Å². The van der Waals surface area contributed by atoms with Gasteiger partial charge < -0.3 is 0 Å². The third kappa shape index (κ3) is 2.20. The van der Waals surface area contributed by atoms with Crippen LogP contribution in [0.2, 0.25) is 5.15 Å². The first kappa shape index (κ1) is 9.41. The fraction of sp³-hybridized carbons (Fsp3) is 0.273. The highest BCUT2D eigenvalue weighted by molar-refractivity contribution is 6.29. The van der Waals surface area contributed by atoms with Gasteiger partial charge in [-0.15, -0.1) is 0 Å². The molecule has 0 radical (unpaired) electrons. The topological polar surface area (TPSA) is 25.2 Å². The van der Waals surface area contributed by atoms with Crippen molar-refractivity contribution in [3.63, 3.8) is 0 Å². The van der Waals surface area contributed by atoms with Gasteiger partial charge in [-0.25, -0.2) is 4.98 Å². The van der Waals surface area contributed by atoms with E-state index in [-0.39, 0.29) is 0 Å². The standard InChI is InChI=1S/C11H11ClN2/c12-11-7-9(4-6-14-11)10-3-1-2-5-13-8-10/h1-2,4-7,10H,3,8H2/t10-/m1/s1. The average molecular weight is 207 g/mol. The smallest absolute Gasteiger partial charge is 0.129 e. The van der Waals surface area contributed by atoms with Crippen molar-refractivity contribution in [1.82, 2.24) is 4.98 Å². The van der Waals surface area contributed by atoms with Gasteiger partial charge in [-0.05, 0) is 30.2 Å². The molecule has 2 rings (SSSR count). The molecule has 0 saturated heterocycles. The summed E-state index contributed by atoms with van der Waals surface area (Å²) >= 11 is 5.84.